The number of rotatable bonds is 9. The highest BCUT2D eigenvalue weighted by molar-refractivity contribution is 7.00. The Hall–Kier alpha value is -9.70. The van der Waals surface area contributed by atoms with Gasteiger partial charge in [0, 0.05) is 45.0 Å². The lowest BCUT2D eigenvalue weighted by atomic mass is 9.33. The van der Waals surface area contributed by atoms with Crippen LogP contribution in [0.4, 0.5) is 34.1 Å². The summed E-state index contributed by atoms with van der Waals surface area (Å²) < 4.78 is 0. The Kier molecular flexibility index (Phi) is 11.4. The van der Waals surface area contributed by atoms with Crippen LogP contribution in [0.1, 0.15) is 49.9 Å². The topological polar surface area (TPSA) is 6.48 Å². The molecule has 2 aliphatic rings. The average molecular weight is 1040 g/mol. The molecule has 15 rings (SSSR count). The first-order chi connectivity index (χ1) is 39.7. The SMILES string of the molecule is CC(C)(c1ccccc1)c1ccc2c(c1)N(c1ccccc1)c1cc(-c3c4ccccc4c(-c4ccc(-c5cccc6ccccc56)cc4)c4ccccc34)cc3c1B2c1ccc(C(C)(C)c2ccccc2)cc1N3c1ccccc1. The molecule has 0 saturated carbocycles. The molecule has 0 spiro atoms. The summed E-state index contributed by atoms with van der Waals surface area (Å²) in [5, 5.41) is 7.40. The van der Waals surface area contributed by atoms with Gasteiger partial charge >= 0.3 is 0 Å². The summed E-state index contributed by atoms with van der Waals surface area (Å²) in [4.78, 5) is 5.16. The number of para-hydroxylation sites is 2. The van der Waals surface area contributed by atoms with Gasteiger partial charge in [-0.15, -0.1) is 0 Å². The van der Waals surface area contributed by atoms with Crippen molar-refractivity contribution in [1.82, 2.24) is 0 Å². The van der Waals surface area contributed by atoms with Gasteiger partial charge < -0.3 is 9.80 Å². The maximum Gasteiger partial charge on any atom is 0.252 e. The van der Waals surface area contributed by atoms with Gasteiger partial charge in [-0.1, -0.05) is 264 Å². The number of nitrogens with zero attached hydrogens (tertiary/aromatic N) is 2. The lowest BCUT2D eigenvalue weighted by Gasteiger charge is -2.45. The van der Waals surface area contributed by atoms with Crippen LogP contribution in [-0.2, 0) is 10.8 Å². The normalized spacial score (nSPS) is 12.9. The van der Waals surface area contributed by atoms with E-state index in [1.54, 1.807) is 0 Å². The molecule has 0 atom stereocenters. The second-order valence-corrected chi connectivity index (χ2v) is 23.2. The molecule has 0 fully saturated rings. The highest BCUT2D eigenvalue weighted by Gasteiger charge is 2.45. The molecule has 0 aromatic heterocycles. The van der Waals surface area contributed by atoms with Gasteiger partial charge in [0.2, 0.25) is 0 Å². The number of benzene rings is 13. The Morgan fingerprint density at radius 1 is 0.284 bits per heavy atom. The van der Waals surface area contributed by atoms with Crippen molar-refractivity contribution < 1.29 is 0 Å². The molecule has 0 saturated heterocycles. The minimum atomic E-state index is -0.270. The van der Waals surface area contributed by atoms with Crippen molar-refractivity contribution in [3.8, 4) is 33.4 Å². The first kappa shape index (κ1) is 48.4. The second kappa shape index (κ2) is 19.0. The van der Waals surface area contributed by atoms with Gasteiger partial charge in [-0.3, -0.25) is 0 Å². The monoisotopic (exact) mass is 1030 g/mol. The predicted octanol–water partition coefficient (Wildman–Crippen LogP) is 18.9. The lowest BCUT2D eigenvalue weighted by molar-refractivity contribution is 0.641. The van der Waals surface area contributed by atoms with Crippen molar-refractivity contribution in [3.05, 3.63) is 307 Å². The number of hydrogen-bond donors (Lipinski definition) is 0. The fraction of sp³-hybridized carbons (Fsp3) is 0.0769. The second-order valence-electron chi connectivity index (χ2n) is 23.2. The molecule has 0 bridgehead atoms. The van der Waals surface area contributed by atoms with Crippen molar-refractivity contribution in [3.63, 3.8) is 0 Å². The molecule has 81 heavy (non-hydrogen) atoms. The molecular weight excluding hydrogens is 976 g/mol. The van der Waals surface area contributed by atoms with E-state index in [0.717, 1.165) is 11.4 Å². The van der Waals surface area contributed by atoms with Crippen LogP contribution in [0.25, 0.3) is 65.7 Å². The van der Waals surface area contributed by atoms with Gasteiger partial charge in [-0.25, -0.2) is 0 Å². The van der Waals surface area contributed by atoms with E-state index in [4.69, 9.17) is 0 Å². The van der Waals surface area contributed by atoms with E-state index in [0.29, 0.717) is 0 Å². The first-order valence-corrected chi connectivity index (χ1v) is 28.5. The van der Waals surface area contributed by atoms with Gasteiger partial charge in [-0.05, 0) is 153 Å². The summed E-state index contributed by atoms with van der Waals surface area (Å²) in [5.74, 6) is 0. The molecule has 384 valence electrons. The largest absolute Gasteiger partial charge is 0.311 e. The van der Waals surface area contributed by atoms with Crippen LogP contribution in [0.15, 0.2) is 285 Å². The van der Waals surface area contributed by atoms with E-state index < -0.39 is 0 Å². The fourth-order valence-corrected chi connectivity index (χ4v) is 13.7. The molecule has 0 aliphatic carbocycles. The Morgan fingerprint density at radius 3 is 1.14 bits per heavy atom. The summed E-state index contributed by atoms with van der Waals surface area (Å²) in [6.07, 6.45) is 0. The number of fused-ring (bicyclic) bond motifs is 7. The number of hydrogen-bond acceptors (Lipinski definition) is 2. The lowest BCUT2D eigenvalue weighted by Crippen LogP contribution is -2.61. The molecule has 3 heteroatoms. The van der Waals surface area contributed by atoms with Gasteiger partial charge in [0.05, 0.1) is 0 Å². The van der Waals surface area contributed by atoms with Crippen molar-refractivity contribution in [2.24, 2.45) is 0 Å². The van der Waals surface area contributed by atoms with E-state index in [9.17, 15) is 0 Å². The van der Waals surface area contributed by atoms with Crippen molar-refractivity contribution >= 4 is 89.5 Å². The van der Waals surface area contributed by atoms with Gasteiger partial charge in [0.25, 0.3) is 6.71 Å². The number of anilines is 6. The third-order valence-corrected chi connectivity index (χ3v) is 18.0. The Labute approximate surface area is 476 Å². The van der Waals surface area contributed by atoms with Gasteiger partial charge in [0.1, 0.15) is 0 Å². The Balaban J connectivity index is 1.02. The molecule has 13 aromatic carbocycles. The standard InChI is InChI=1S/C78H59BN2/c1-77(2,56-26-9-5-10-27-56)58-44-46-68-70(50-58)80(60-30-13-7-14-31-60)72-48-55(49-73-76(72)79(68)69-47-45-59(78(3,4)57-28-11-6-12-29-57)51-71(69)81(73)61-32-15-8-16-33-61)75-66-37-21-19-35-64(66)74(65-36-20-22-38-67(65)75)54-42-40-53(41-43-54)63-39-23-25-52-24-17-18-34-62(52)63/h5-51H,1-4H3. The molecule has 2 heterocycles. The van der Waals surface area contributed by atoms with E-state index in [-0.39, 0.29) is 17.5 Å². The first-order valence-electron chi connectivity index (χ1n) is 28.5. The van der Waals surface area contributed by atoms with E-state index in [1.807, 2.05) is 0 Å². The quantitative estimate of drug-likeness (QED) is 0.105. The summed E-state index contributed by atoms with van der Waals surface area (Å²) in [5.41, 5.74) is 22.8. The van der Waals surface area contributed by atoms with Crippen LogP contribution in [0.5, 0.6) is 0 Å². The third kappa shape index (κ3) is 7.78. The van der Waals surface area contributed by atoms with Crippen molar-refractivity contribution in [2.75, 3.05) is 9.80 Å². The highest BCUT2D eigenvalue weighted by atomic mass is 15.2. The van der Waals surface area contributed by atoms with Gasteiger partial charge in [0.15, 0.2) is 0 Å². The molecule has 13 aromatic rings. The minimum absolute atomic E-state index is 0.0653. The molecule has 0 N–H and O–H groups in total. The summed E-state index contributed by atoms with van der Waals surface area (Å²) in [6.45, 7) is 9.41. The Bertz CT molecular complexity index is 4340. The van der Waals surface area contributed by atoms with Crippen LogP contribution in [0.3, 0.4) is 0 Å². The van der Waals surface area contributed by atoms with E-state index in [2.05, 4.69) is 323 Å². The van der Waals surface area contributed by atoms with Gasteiger partial charge in [-0.2, -0.15) is 0 Å². The summed E-state index contributed by atoms with van der Waals surface area (Å²) in [6, 6.07) is 107. The third-order valence-electron chi connectivity index (χ3n) is 18.0. The smallest absolute Gasteiger partial charge is 0.252 e. The van der Waals surface area contributed by atoms with Crippen molar-refractivity contribution in [1.29, 1.82) is 0 Å². The summed E-state index contributed by atoms with van der Waals surface area (Å²) >= 11 is 0. The van der Waals surface area contributed by atoms with Crippen LogP contribution in [0.2, 0.25) is 0 Å². The summed E-state index contributed by atoms with van der Waals surface area (Å²) in [7, 11) is 0. The zero-order valence-electron chi connectivity index (χ0n) is 46.1. The Morgan fingerprint density at radius 2 is 0.667 bits per heavy atom. The molecule has 2 nitrogen and oxygen atoms in total. The minimum Gasteiger partial charge on any atom is -0.311 e. The fourth-order valence-electron chi connectivity index (χ4n) is 13.7. The van der Waals surface area contributed by atoms with Crippen LogP contribution in [-0.4, -0.2) is 6.71 Å². The average Bonchev–Trinajstić information content (AvgIpc) is 2.07. The molecule has 0 unspecified atom stereocenters. The zero-order valence-corrected chi connectivity index (χ0v) is 46.1. The molecular formula is C78H59BN2. The predicted molar refractivity (Wildman–Crippen MR) is 346 cm³/mol. The zero-order chi connectivity index (χ0) is 54.4. The van der Waals surface area contributed by atoms with Crippen LogP contribution < -0.4 is 26.2 Å². The van der Waals surface area contributed by atoms with Crippen LogP contribution in [0, 0.1) is 0 Å². The van der Waals surface area contributed by atoms with E-state index in [1.165, 1.54) is 127 Å². The maximum atomic E-state index is 2.58. The maximum absolute atomic E-state index is 2.58. The molecule has 0 radical (unpaired) electrons. The van der Waals surface area contributed by atoms with Crippen LogP contribution >= 0.6 is 0 Å². The van der Waals surface area contributed by atoms with E-state index >= 15 is 0 Å². The molecule has 2 aliphatic heterocycles. The highest BCUT2D eigenvalue weighted by Crippen LogP contribution is 2.51. The van der Waals surface area contributed by atoms with Crippen molar-refractivity contribution in [2.45, 2.75) is 38.5 Å². The molecule has 0 amide bonds.